The summed E-state index contributed by atoms with van der Waals surface area (Å²) in [5.41, 5.74) is 1.00. The summed E-state index contributed by atoms with van der Waals surface area (Å²) >= 11 is 0. The summed E-state index contributed by atoms with van der Waals surface area (Å²) in [6.45, 7) is -0.258. The van der Waals surface area contributed by atoms with Crippen LogP contribution < -0.4 is 15.6 Å². The number of nitrogens with one attached hydrogen (secondary N) is 1. The van der Waals surface area contributed by atoms with Gasteiger partial charge in [-0.15, -0.1) is 0 Å². The standard InChI is InChI=1S/C20H16FN5O3/c1-29-16-7-5-15(6-8-16)26-19-17(10-23-26)20(28)25(12-22-19)11-18(27)24-14-4-2-3-13(21)9-14/h2-10,12H,11H2,1H3,(H,24,27). The number of methoxy groups -OCH3 is 1. The van der Waals surface area contributed by atoms with Gasteiger partial charge in [0.05, 0.1) is 19.0 Å². The Kier molecular flexibility index (Phi) is 4.78. The Labute approximate surface area is 164 Å². The maximum absolute atomic E-state index is 13.2. The molecule has 9 heteroatoms. The molecule has 0 atom stereocenters. The van der Waals surface area contributed by atoms with E-state index < -0.39 is 17.3 Å². The molecule has 0 aliphatic heterocycles. The molecule has 2 aromatic heterocycles. The van der Waals surface area contributed by atoms with Crippen LogP contribution in [0.15, 0.2) is 65.8 Å². The fraction of sp³-hybridized carbons (Fsp3) is 0.100. The van der Waals surface area contributed by atoms with Gasteiger partial charge in [-0.25, -0.2) is 14.1 Å². The van der Waals surface area contributed by atoms with Crippen molar-refractivity contribution in [3.8, 4) is 11.4 Å². The summed E-state index contributed by atoms with van der Waals surface area (Å²) < 4.78 is 21.1. The van der Waals surface area contributed by atoms with Crippen LogP contribution >= 0.6 is 0 Å². The number of halogens is 1. The molecule has 0 spiro atoms. The second kappa shape index (κ2) is 7.55. The van der Waals surface area contributed by atoms with Gasteiger partial charge in [-0.05, 0) is 42.5 Å². The SMILES string of the molecule is COc1ccc(-n2ncc3c(=O)n(CC(=O)Nc4cccc(F)c4)cnc32)cc1. The van der Waals surface area contributed by atoms with Crippen molar-refractivity contribution < 1.29 is 13.9 Å². The van der Waals surface area contributed by atoms with Crippen LogP contribution in [0.2, 0.25) is 0 Å². The largest absolute Gasteiger partial charge is 0.497 e. The number of amides is 1. The number of fused-ring (bicyclic) bond motifs is 1. The minimum absolute atomic E-state index is 0.258. The predicted molar refractivity (Wildman–Crippen MR) is 105 cm³/mol. The highest BCUT2D eigenvalue weighted by atomic mass is 19.1. The van der Waals surface area contributed by atoms with Crippen molar-refractivity contribution >= 4 is 22.6 Å². The van der Waals surface area contributed by atoms with Gasteiger partial charge in [0.25, 0.3) is 5.56 Å². The Balaban J connectivity index is 1.59. The molecule has 1 N–H and O–H groups in total. The van der Waals surface area contributed by atoms with Crippen LogP contribution in [-0.4, -0.2) is 32.3 Å². The lowest BCUT2D eigenvalue weighted by Gasteiger charge is -2.08. The zero-order chi connectivity index (χ0) is 20.4. The normalized spacial score (nSPS) is 10.8. The quantitative estimate of drug-likeness (QED) is 0.562. The molecule has 29 heavy (non-hydrogen) atoms. The summed E-state index contributed by atoms with van der Waals surface area (Å²) in [6, 6.07) is 12.7. The highest BCUT2D eigenvalue weighted by Gasteiger charge is 2.13. The van der Waals surface area contributed by atoms with Gasteiger partial charge >= 0.3 is 0 Å². The smallest absolute Gasteiger partial charge is 0.264 e. The molecule has 0 bridgehead atoms. The van der Waals surface area contributed by atoms with E-state index in [1.807, 2.05) is 0 Å². The van der Waals surface area contributed by atoms with E-state index in [0.29, 0.717) is 22.8 Å². The summed E-state index contributed by atoms with van der Waals surface area (Å²) in [5, 5.41) is 7.07. The zero-order valence-electron chi connectivity index (χ0n) is 15.4. The number of aromatic nitrogens is 4. The second-order valence-corrected chi connectivity index (χ2v) is 6.23. The number of hydrogen-bond donors (Lipinski definition) is 1. The Morgan fingerprint density at radius 2 is 2.00 bits per heavy atom. The van der Waals surface area contributed by atoms with Crippen molar-refractivity contribution in [1.82, 2.24) is 19.3 Å². The molecule has 4 rings (SSSR count). The molecule has 0 aliphatic carbocycles. The van der Waals surface area contributed by atoms with Crippen molar-refractivity contribution in [1.29, 1.82) is 0 Å². The fourth-order valence-corrected chi connectivity index (χ4v) is 2.90. The third-order valence-electron chi connectivity index (χ3n) is 4.29. The lowest BCUT2D eigenvalue weighted by Crippen LogP contribution is -2.27. The minimum Gasteiger partial charge on any atom is -0.497 e. The van der Waals surface area contributed by atoms with Gasteiger partial charge in [-0.3, -0.25) is 14.2 Å². The molecule has 0 radical (unpaired) electrons. The fourth-order valence-electron chi connectivity index (χ4n) is 2.90. The third kappa shape index (κ3) is 3.70. The van der Waals surface area contributed by atoms with E-state index in [4.69, 9.17) is 4.74 Å². The lowest BCUT2D eigenvalue weighted by atomic mass is 10.3. The first kappa shape index (κ1) is 18.4. The Bertz CT molecular complexity index is 1250. The van der Waals surface area contributed by atoms with Crippen LogP contribution in [0.4, 0.5) is 10.1 Å². The van der Waals surface area contributed by atoms with Crippen LogP contribution in [0, 0.1) is 5.82 Å². The first-order chi connectivity index (χ1) is 14.0. The first-order valence-electron chi connectivity index (χ1n) is 8.68. The maximum Gasteiger partial charge on any atom is 0.264 e. The number of benzene rings is 2. The highest BCUT2D eigenvalue weighted by Crippen LogP contribution is 2.17. The molecule has 2 aromatic carbocycles. The first-order valence-corrected chi connectivity index (χ1v) is 8.68. The summed E-state index contributed by atoms with van der Waals surface area (Å²) in [5.74, 6) is -0.236. The number of carbonyl (C=O) groups is 1. The number of carbonyl (C=O) groups excluding carboxylic acids is 1. The molecule has 4 aromatic rings. The molecule has 0 saturated carbocycles. The van der Waals surface area contributed by atoms with E-state index in [1.54, 1.807) is 37.4 Å². The average Bonchev–Trinajstić information content (AvgIpc) is 3.15. The van der Waals surface area contributed by atoms with Crippen LogP contribution in [0.3, 0.4) is 0 Å². The number of anilines is 1. The van der Waals surface area contributed by atoms with Gasteiger partial charge in [0.1, 0.15) is 29.8 Å². The molecule has 8 nitrogen and oxygen atoms in total. The zero-order valence-corrected chi connectivity index (χ0v) is 15.4. The predicted octanol–water partition coefficient (Wildman–Crippen LogP) is 2.37. The monoisotopic (exact) mass is 393 g/mol. The summed E-state index contributed by atoms with van der Waals surface area (Å²) in [6.07, 6.45) is 2.70. The summed E-state index contributed by atoms with van der Waals surface area (Å²) in [4.78, 5) is 29.2. The van der Waals surface area contributed by atoms with E-state index in [-0.39, 0.29) is 11.9 Å². The van der Waals surface area contributed by atoms with Gasteiger partial charge in [0, 0.05) is 5.69 Å². The van der Waals surface area contributed by atoms with Crippen molar-refractivity contribution in [2.75, 3.05) is 12.4 Å². The minimum atomic E-state index is -0.471. The van der Waals surface area contributed by atoms with Crippen LogP contribution in [0.5, 0.6) is 5.75 Å². The molecule has 2 heterocycles. The Morgan fingerprint density at radius 3 is 2.72 bits per heavy atom. The van der Waals surface area contributed by atoms with Crippen LogP contribution in [0.1, 0.15) is 0 Å². The molecule has 1 amide bonds. The lowest BCUT2D eigenvalue weighted by molar-refractivity contribution is -0.116. The molecular formula is C20H16FN5O3. The van der Waals surface area contributed by atoms with E-state index in [9.17, 15) is 14.0 Å². The molecule has 0 fully saturated rings. The number of ether oxygens (including phenoxy) is 1. The van der Waals surface area contributed by atoms with Gasteiger partial charge in [0.15, 0.2) is 5.65 Å². The van der Waals surface area contributed by atoms with E-state index >= 15 is 0 Å². The molecule has 0 saturated heterocycles. The van der Waals surface area contributed by atoms with Crippen LogP contribution in [-0.2, 0) is 11.3 Å². The van der Waals surface area contributed by atoms with E-state index in [1.165, 1.54) is 40.0 Å². The highest BCUT2D eigenvalue weighted by molar-refractivity contribution is 5.90. The van der Waals surface area contributed by atoms with Crippen molar-refractivity contribution in [3.63, 3.8) is 0 Å². The number of nitrogens with zero attached hydrogens (tertiary/aromatic N) is 4. The van der Waals surface area contributed by atoms with Gasteiger partial charge in [-0.1, -0.05) is 6.07 Å². The van der Waals surface area contributed by atoms with Crippen molar-refractivity contribution in [2.24, 2.45) is 0 Å². The summed E-state index contributed by atoms with van der Waals surface area (Å²) in [7, 11) is 1.58. The van der Waals surface area contributed by atoms with E-state index in [0.717, 1.165) is 0 Å². The third-order valence-corrected chi connectivity index (χ3v) is 4.29. The molecular weight excluding hydrogens is 377 g/mol. The maximum atomic E-state index is 13.2. The van der Waals surface area contributed by atoms with Crippen LogP contribution in [0.25, 0.3) is 16.7 Å². The molecule has 0 unspecified atom stereocenters. The van der Waals surface area contributed by atoms with Gasteiger partial charge in [0.2, 0.25) is 5.91 Å². The second-order valence-electron chi connectivity index (χ2n) is 6.23. The molecule has 0 aliphatic rings. The van der Waals surface area contributed by atoms with Gasteiger partial charge in [-0.2, -0.15) is 5.10 Å². The number of hydrogen-bond acceptors (Lipinski definition) is 5. The number of rotatable bonds is 5. The Hall–Kier alpha value is -4.01. The van der Waals surface area contributed by atoms with Gasteiger partial charge < -0.3 is 10.1 Å². The topological polar surface area (TPSA) is 91.0 Å². The van der Waals surface area contributed by atoms with Crippen molar-refractivity contribution in [2.45, 2.75) is 6.54 Å². The Morgan fingerprint density at radius 1 is 1.21 bits per heavy atom. The van der Waals surface area contributed by atoms with E-state index in [2.05, 4.69) is 15.4 Å². The molecule has 146 valence electrons. The average molecular weight is 393 g/mol. The van der Waals surface area contributed by atoms with Crippen molar-refractivity contribution in [3.05, 3.63) is 77.2 Å².